The third kappa shape index (κ3) is 2.34. The first-order valence-corrected chi connectivity index (χ1v) is 9.34. The average molecular weight is 366 g/mol. The Balaban J connectivity index is 1.57. The smallest absolute Gasteiger partial charge is 0.404 e. The largest absolute Gasteiger partial charge is 0.465 e. The van der Waals surface area contributed by atoms with E-state index in [1.807, 2.05) is 18.2 Å². The standard InChI is InChI=1S/C20H22N4O3/c1-11-6-7-12(2)24(11)19-14-4-3-5-16(18(14)27-22-19)23-10-13-8-9-15(23)17(13)21-20(25)26/h3-7,13,15,17,21H,8-10H2,1-2H3,(H,25,26). The molecule has 27 heavy (non-hydrogen) atoms. The Kier molecular flexibility index (Phi) is 3.47. The highest BCUT2D eigenvalue weighted by atomic mass is 16.5. The summed E-state index contributed by atoms with van der Waals surface area (Å²) < 4.78 is 7.90. The van der Waals surface area contributed by atoms with Crippen LogP contribution in [-0.2, 0) is 0 Å². The lowest BCUT2D eigenvalue weighted by molar-refractivity contribution is 0.188. The molecule has 1 amide bonds. The second kappa shape index (κ2) is 5.77. The highest BCUT2D eigenvalue weighted by Gasteiger charge is 2.48. The summed E-state index contributed by atoms with van der Waals surface area (Å²) in [5.74, 6) is 1.15. The minimum atomic E-state index is -0.947. The number of para-hydroxylation sites is 1. The first kappa shape index (κ1) is 16.2. The van der Waals surface area contributed by atoms with Crippen LogP contribution in [0.4, 0.5) is 10.5 Å². The predicted octanol–water partition coefficient (Wildman–Crippen LogP) is 3.47. The first-order chi connectivity index (χ1) is 13.0. The number of benzene rings is 1. The van der Waals surface area contributed by atoms with Crippen LogP contribution < -0.4 is 10.2 Å². The maximum absolute atomic E-state index is 11.2. The zero-order valence-corrected chi connectivity index (χ0v) is 15.3. The van der Waals surface area contributed by atoms with Crippen LogP contribution in [0.2, 0.25) is 0 Å². The molecule has 2 aromatic heterocycles. The third-order valence-electron chi connectivity index (χ3n) is 6.13. The normalized spacial score (nSPS) is 24.1. The Morgan fingerprint density at radius 1 is 1.22 bits per heavy atom. The predicted molar refractivity (Wildman–Crippen MR) is 102 cm³/mol. The van der Waals surface area contributed by atoms with Crippen LogP contribution in [-0.4, -0.2) is 39.6 Å². The summed E-state index contributed by atoms with van der Waals surface area (Å²) in [6, 6.07) is 10.4. The van der Waals surface area contributed by atoms with Gasteiger partial charge < -0.3 is 19.8 Å². The fraction of sp³-hybridized carbons (Fsp3) is 0.400. The van der Waals surface area contributed by atoms with Crippen LogP contribution in [0.25, 0.3) is 16.8 Å². The van der Waals surface area contributed by atoms with E-state index in [2.05, 4.69) is 45.9 Å². The van der Waals surface area contributed by atoms with Crippen molar-refractivity contribution in [2.45, 2.75) is 38.8 Å². The zero-order chi connectivity index (χ0) is 18.7. The summed E-state index contributed by atoms with van der Waals surface area (Å²) in [5, 5.41) is 17.2. The topological polar surface area (TPSA) is 83.5 Å². The lowest BCUT2D eigenvalue weighted by atomic mass is 10.1. The Morgan fingerprint density at radius 2 is 2.00 bits per heavy atom. The van der Waals surface area contributed by atoms with Gasteiger partial charge in [-0.15, -0.1) is 0 Å². The molecule has 7 nitrogen and oxygen atoms in total. The molecule has 1 saturated carbocycles. The van der Waals surface area contributed by atoms with Gasteiger partial charge in [-0.2, -0.15) is 0 Å². The molecule has 1 aromatic carbocycles. The van der Waals surface area contributed by atoms with E-state index in [1.54, 1.807) is 0 Å². The fourth-order valence-electron chi connectivity index (χ4n) is 4.96. The van der Waals surface area contributed by atoms with E-state index in [0.717, 1.165) is 53.2 Å². The number of hydrogen-bond acceptors (Lipinski definition) is 4. The molecule has 1 aliphatic carbocycles. The average Bonchev–Trinajstić information content (AvgIpc) is 3.39. The van der Waals surface area contributed by atoms with E-state index in [9.17, 15) is 4.79 Å². The van der Waals surface area contributed by atoms with Crippen molar-refractivity contribution in [3.05, 3.63) is 41.7 Å². The van der Waals surface area contributed by atoms with Crippen molar-refractivity contribution >= 4 is 22.7 Å². The second-order valence-electron chi connectivity index (χ2n) is 7.64. The Morgan fingerprint density at radius 3 is 2.74 bits per heavy atom. The van der Waals surface area contributed by atoms with Gasteiger partial charge in [-0.1, -0.05) is 11.2 Å². The molecule has 3 atom stereocenters. The maximum atomic E-state index is 11.2. The molecule has 2 fully saturated rings. The number of nitrogens with zero attached hydrogens (tertiary/aromatic N) is 3. The number of piperidine rings is 1. The van der Waals surface area contributed by atoms with Crippen LogP contribution in [0.5, 0.6) is 0 Å². The lowest BCUT2D eigenvalue weighted by Crippen LogP contribution is -2.43. The monoisotopic (exact) mass is 366 g/mol. The molecule has 2 N–H and O–H groups in total. The number of fused-ring (bicyclic) bond motifs is 3. The van der Waals surface area contributed by atoms with Crippen molar-refractivity contribution in [3.8, 4) is 5.82 Å². The van der Waals surface area contributed by atoms with E-state index in [1.165, 1.54) is 0 Å². The molecule has 5 rings (SSSR count). The summed E-state index contributed by atoms with van der Waals surface area (Å²) in [6.07, 6.45) is 1.10. The van der Waals surface area contributed by atoms with E-state index in [4.69, 9.17) is 9.63 Å². The van der Waals surface area contributed by atoms with Crippen LogP contribution in [0.3, 0.4) is 0 Å². The number of carboxylic acid groups (broad SMARTS) is 1. The number of carbonyl (C=O) groups is 1. The summed E-state index contributed by atoms with van der Waals surface area (Å²) in [5.41, 5.74) is 3.98. The molecule has 3 heterocycles. The van der Waals surface area contributed by atoms with Crippen molar-refractivity contribution < 1.29 is 14.4 Å². The van der Waals surface area contributed by atoms with Crippen molar-refractivity contribution in [1.82, 2.24) is 15.0 Å². The minimum Gasteiger partial charge on any atom is -0.465 e. The molecular formula is C20H22N4O3. The van der Waals surface area contributed by atoms with Gasteiger partial charge in [0.25, 0.3) is 0 Å². The summed E-state index contributed by atoms with van der Waals surface area (Å²) in [6.45, 7) is 4.95. The van der Waals surface area contributed by atoms with Crippen molar-refractivity contribution in [3.63, 3.8) is 0 Å². The van der Waals surface area contributed by atoms with E-state index >= 15 is 0 Å². The van der Waals surface area contributed by atoms with Crippen molar-refractivity contribution in [1.29, 1.82) is 0 Å². The van der Waals surface area contributed by atoms with Crippen LogP contribution in [0.15, 0.2) is 34.9 Å². The van der Waals surface area contributed by atoms with Gasteiger partial charge in [-0.25, -0.2) is 4.79 Å². The zero-order valence-electron chi connectivity index (χ0n) is 15.3. The van der Waals surface area contributed by atoms with Crippen LogP contribution >= 0.6 is 0 Å². The quantitative estimate of drug-likeness (QED) is 0.742. The molecule has 7 heteroatoms. The Hall–Kier alpha value is -2.96. The second-order valence-corrected chi connectivity index (χ2v) is 7.64. The first-order valence-electron chi connectivity index (χ1n) is 9.34. The highest BCUT2D eigenvalue weighted by Crippen LogP contribution is 2.43. The molecular weight excluding hydrogens is 344 g/mol. The molecule has 2 bridgehead atoms. The van der Waals surface area contributed by atoms with Gasteiger partial charge in [-0.05, 0) is 56.9 Å². The fourth-order valence-corrected chi connectivity index (χ4v) is 4.96. The van der Waals surface area contributed by atoms with E-state index in [-0.39, 0.29) is 12.1 Å². The van der Waals surface area contributed by atoms with Gasteiger partial charge in [0.1, 0.15) is 0 Å². The molecule has 0 spiro atoms. The molecule has 140 valence electrons. The number of aromatic nitrogens is 2. The maximum Gasteiger partial charge on any atom is 0.404 e. The van der Waals surface area contributed by atoms with E-state index in [0.29, 0.717) is 5.92 Å². The molecule has 3 aromatic rings. The van der Waals surface area contributed by atoms with Crippen LogP contribution in [0, 0.1) is 19.8 Å². The van der Waals surface area contributed by atoms with Gasteiger partial charge >= 0.3 is 6.09 Å². The number of aryl methyl sites for hydroxylation is 2. The Bertz CT molecular complexity index is 1020. The van der Waals surface area contributed by atoms with Gasteiger partial charge in [0, 0.05) is 24.0 Å². The molecule has 0 radical (unpaired) electrons. The third-order valence-corrected chi connectivity index (χ3v) is 6.13. The van der Waals surface area contributed by atoms with Gasteiger partial charge in [0.05, 0.1) is 17.1 Å². The summed E-state index contributed by atoms with van der Waals surface area (Å²) in [4.78, 5) is 13.5. The summed E-state index contributed by atoms with van der Waals surface area (Å²) >= 11 is 0. The van der Waals surface area contributed by atoms with Crippen LogP contribution in [0.1, 0.15) is 24.2 Å². The van der Waals surface area contributed by atoms with Gasteiger partial charge in [0.2, 0.25) is 0 Å². The van der Waals surface area contributed by atoms with Gasteiger partial charge in [-0.3, -0.25) is 4.57 Å². The van der Waals surface area contributed by atoms with Gasteiger partial charge in [0.15, 0.2) is 11.4 Å². The van der Waals surface area contributed by atoms with Crippen molar-refractivity contribution in [2.24, 2.45) is 5.92 Å². The number of amides is 1. The Labute approximate surface area is 156 Å². The molecule has 2 aliphatic rings. The number of hydrogen-bond donors (Lipinski definition) is 2. The number of rotatable bonds is 3. The molecule has 1 aliphatic heterocycles. The highest BCUT2D eigenvalue weighted by molar-refractivity contribution is 5.94. The molecule has 3 unspecified atom stereocenters. The minimum absolute atomic E-state index is 0.0194. The lowest BCUT2D eigenvalue weighted by Gasteiger charge is -2.29. The number of nitrogens with one attached hydrogen (secondary N) is 1. The summed E-state index contributed by atoms with van der Waals surface area (Å²) in [7, 11) is 0. The molecule has 1 saturated heterocycles. The SMILES string of the molecule is Cc1ccc(C)n1-c1noc2c(N3CC4CCC3C4NC(=O)O)cccc12. The van der Waals surface area contributed by atoms with E-state index < -0.39 is 6.09 Å². The van der Waals surface area contributed by atoms with Crippen molar-refractivity contribution in [2.75, 3.05) is 11.4 Å². The number of anilines is 1.